The first-order valence-electron chi connectivity index (χ1n) is 4.14. The third-order valence-corrected chi connectivity index (χ3v) is 2.00. The average Bonchev–Trinajstić information content (AvgIpc) is 2.49. The molecule has 2 heterocycles. The number of aryl methyl sites for hydroxylation is 1. The molecule has 1 aromatic heterocycles. The van der Waals surface area contributed by atoms with E-state index in [-0.39, 0.29) is 5.28 Å². The molecule has 0 N–H and O–H groups in total. The van der Waals surface area contributed by atoms with Gasteiger partial charge in [-0.1, -0.05) is 0 Å². The van der Waals surface area contributed by atoms with Crippen LogP contribution in [0, 0.1) is 6.92 Å². The molecular formula is C8H9ClN4O. The van der Waals surface area contributed by atoms with E-state index in [1.807, 2.05) is 0 Å². The summed E-state index contributed by atoms with van der Waals surface area (Å²) in [6.07, 6.45) is 0. The minimum absolute atomic E-state index is 0.187. The van der Waals surface area contributed by atoms with Crippen LogP contribution < -0.4 is 4.90 Å². The molecule has 6 heteroatoms. The highest BCUT2D eigenvalue weighted by molar-refractivity contribution is 6.28. The van der Waals surface area contributed by atoms with Crippen molar-refractivity contribution >= 4 is 17.5 Å². The van der Waals surface area contributed by atoms with Crippen LogP contribution in [0.1, 0.15) is 5.82 Å². The first-order valence-corrected chi connectivity index (χ1v) is 4.52. The Morgan fingerprint density at radius 1 is 1.43 bits per heavy atom. The van der Waals surface area contributed by atoms with Crippen molar-refractivity contribution < 1.29 is 4.74 Å². The van der Waals surface area contributed by atoms with Crippen molar-refractivity contribution in [3.63, 3.8) is 0 Å². The van der Waals surface area contributed by atoms with E-state index in [1.165, 1.54) is 0 Å². The maximum Gasteiger partial charge on any atom is 0.236 e. The molecule has 1 fully saturated rings. The van der Waals surface area contributed by atoms with E-state index >= 15 is 0 Å². The maximum absolute atomic E-state index is 5.72. The second kappa shape index (κ2) is 3.42. The lowest BCUT2D eigenvalue weighted by molar-refractivity contribution is 0.269. The van der Waals surface area contributed by atoms with E-state index in [1.54, 1.807) is 11.8 Å². The Kier molecular flexibility index (Phi) is 2.25. The zero-order valence-corrected chi connectivity index (χ0v) is 8.45. The molecule has 0 unspecified atom stereocenters. The topological polar surface area (TPSA) is 51.1 Å². The van der Waals surface area contributed by atoms with E-state index in [0.29, 0.717) is 30.8 Å². The minimum Gasteiger partial charge on any atom is -0.477 e. The highest BCUT2D eigenvalue weighted by Crippen LogP contribution is 2.19. The van der Waals surface area contributed by atoms with Gasteiger partial charge in [0.2, 0.25) is 11.2 Å². The monoisotopic (exact) mass is 212 g/mol. The van der Waals surface area contributed by atoms with Crippen molar-refractivity contribution in [2.75, 3.05) is 18.1 Å². The molecular weight excluding hydrogens is 204 g/mol. The lowest BCUT2D eigenvalue weighted by atomic mass is 10.6. The molecule has 0 amide bonds. The summed E-state index contributed by atoms with van der Waals surface area (Å²) in [5, 5.41) is 0.187. The molecule has 0 aromatic carbocycles. The van der Waals surface area contributed by atoms with Crippen LogP contribution in [0.4, 0.5) is 5.95 Å². The predicted octanol–water partition coefficient (Wildman–Crippen LogP) is 1.14. The van der Waals surface area contributed by atoms with E-state index in [2.05, 4.69) is 21.5 Å². The first kappa shape index (κ1) is 9.21. The van der Waals surface area contributed by atoms with Gasteiger partial charge in [-0.05, 0) is 25.1 Å². The van der Waals surface area contributed by atoms with Gasteiger partial charge in [0.25, 0.3) is 0 Å². The SMILES string of the molecule is C=C1OCCN1c1nc(C)nc(Cl)n1. The van der Waals surface area contributed by atoms with Gasteiger partial charge in [0, 0.05) is 0 Å². The van der Waals surface area contributed by atoms with Gasteiger partial charge >= 0.3 is 0 Å². The Hall–Kier alpha value is -1.36. The van der Waals surface area contributed by atoms with Crippen molar-refractivity contribution in [2.45, 2.75) is 6.92 Å². The van der Waals surface area contributed by atoms with Crippen molar-refractivity contribution in [1.29, 1.82) is 0 Å². The molecule has 0 bridgehead atoms. The van der Waals surface area contributed by atoms with Crippen LogP contribution in [0.15, 0.2) is 12.5 Å². The van der Waals surface area contributed by atoms with E-state index in [4.69, 9.17) is 16.3 Å². The summed E-state index contributed by atoms with van der Waals surface area (Å²) >= 11 is 5.72. The van der Waals surface area contributed by atoms with Crippen LogP contribution in [0.5, 0.6) is 0 Å². The fourth-order valence-corrected chi connectivity index (χ4v) is 1.42. The molecule has 1 aromatic rings. The Balaban J connectivity index is 2.35. The maximum atomic E-state index is 5.72. The van der Waals surface area contributed by atoms with E-state index < -0.39 is 0 Å². The largest absolute Gasteiger partial charge is 0.477 e. The fourth-order valence-electron chi connectivity index (χ4n) is 1.23. The Morgan fingerprint density at radius 3 is 2.79 bits per heavy atom. The number of rotatable bonds is 1. The lowest BCUT2D eigenvalue weighted by Gasteiger charge is -2.13. The van der Waals surface area contributed by atoms with Gasteiger partial charge in [-0.25, -0.2) is 4.98 Å². The van der Waals surface area contributed by atoms with E-state index in [9.17, 15) is 0 Å². The van der Waals surface area contributed by atoms with Crippen LogP contribution in [0.25, 0.3) is 0 Å². The average molecular weight is 213 g/mol. The summed E-state index contributed by atoms with van der Waals surface area (Å²) in [5.41, 5.74) is 0. The molecule has 2 rings (SSSR count). The van der Waals surface area contributed by atoms with Gasteiger partial charge in [-0.3, -0.25) is 4.90 Å². The molecule has 74 valence electrons. The molecule has 0 aliphatic carbocycles. The number of nitrogens with zero attached hydrogens (tertiary/aromatic N) is 4. The van der Waals surface area contributed by atoms with Gasteiger partial charge in [0.15, 0.2) is 5.88 Å². The van der Waals surface area contributed by atoms with Crippen LogP contribution in [0.3, 0.4) is 0 Å². The Labute approximate surface area is 86.4 Å². The normalized spacial score (nSPS) is 15.9. The molecule has 1 aliphatic rings. The Bertz CT molecular complexity index is 361. The van der Waals surface area contributed by atoms with Crippen molar-refractivity contribution in [3.8, 4) is 0 Å². The molecule has 0 atom stereocenters. The second-order valence-electron chi connectivity index (χ2n) is 2.85. The van der Waals surface area contributed by atoms with Crippen LogP contribution in [-0.4, -0.2) is 28.1 Å². The third kappa shape index (κ3) is 1.63. The fraction of sp³-hybridized carbons (Fsp3) is 0.375. The molecule has 1 saturated heterocycles. The quantitative estimate of drug-likeness (QED) is 0.699. The molecule has 5 nitrogen and oxygen atoms in total. The Morgan fingerprint density at radius 2 is 2.21 bits per heavy atom. The highest BCUT2D eigenvalue weighted by Gasteiger charge is 2.21. The van der Waals surface area contributed by atoms with E-state index in [0.717, 1.165) is 0 Å². The number of hydrogen-bond donors (Lipinski definition) is 0. The summed E-state index contributed by atoms with van der Waals surface area (Å²) in [6.45, 7) is 6.78. The molecule has 14 heavy (non-hydrogen) atoms. The summed E-state index contributed by atoms with van der Waals surface area (Å²) < 4.78 is 5.19. The molecule has 1 aliphatic heterocycles. The van der Waals surface area contributed by atoms with Crippen molar-refractivity contribution in [1.82, 2.24) is 15.0 Å². The highest BCUT2D eigenvalue weighted by atomic mass is 35.5. The number of hydrogen-bond acceptors (Lipinski definition) is 5. The summed E-state index contributed by atoms with van der Waals surface area (Å²) in [6, 6.07) is 0. The molecule has 0 spiro atoms. The van der Waals surface area contributed by atoms with Gasteiger partial charge in [0.05, 0.1) is 6.54 Å². The number of ether oxygens (including phenoxy) is 1. The smallest absolute Gasteiger partial charge is 0.236 e. The third-order valence-electron chi connectivity index (χ3n) is 1.83. The summed E-state index contributed by atoms with van der Waals surface area (Å²) in [5.74, 6) is 1.62. The number of anilines is 1. The van der Waals surface area contributed by atoms with Crippen molar-refractivity contribution in [3.05, 3.63) is 23.6 Å². The molecule has 0 saturated carbocycles. The zero-order valence-electron chi connectivity index (χ0n) is 7.70. The van der Waals surface area contributed by atoms with Gasteiger partial charge in [-0.15, -0.1) is 0 Å². The minimum atomic E-state index is 0.187. The van der Waals surface area contributed by atoms with Gasteiger partial charge in [-0.2, -0.15) is 9.97 Å². The van der Waals surface area contributed by atoms with Crippen LogP contribution in [0.2, 0.25) is 5.28 Å². The van der Waals surface area contributed by atoms with Crippen molar-refractivity contribution in [2.24, 2.45) is 0 Å². The van der Waals surface area contributed by atoms with Gasteiger partial charge < -0.3 is 4.74 Å². The lowest BCUT2D eigenvalue weighted by Crippen LogP contribution is -2.20. The molecule has 0 radical (unpaired) electrons. The second-order valence-corrected chi connectivity index (χ2v) is 3.18. The standard InChI is InChI=1S/C8H9ClN4O/c1-5-10-7(9)12-8(11-5)13-3-4-14-6(13)2/h2-4H2,1H3. The zero-order chi connectivity index (χ0) is 10.1. The van der Waals surface area contributed by atoms with Crippen LogP contribution >= 0.6 is 11.6 Å². The summed E-state index contributed by atoms with van der Waals surface area (Å²) in [7, 11) is 0. The number of aromatic nitrogens is 3. The van der Waals surface area contributed by atoms with Gasteiger partial charge in [0.1, 0.15) is 12.4 Å². The summed E-state index contributed by atoms with van der Waals surface area (Å²) in [4.78, 5) is 13.8. The number of halogens is 1. The first-order chi connectivity index (χ1) is 6.66. The van der Waals surface area contributed by atoms with Crippen LogP contribution in [-0.2, 0) is 4.74 Å². The predicted molar refractivity (Wildman–Crippen MR) is 52.0 cm³/mol.